The van der Waals surface area contributed by atoms with Crippen molar-refractivity contribution in [3.63, 3.8) is 0 Å². The highest BCUT2D eigenvalue weighted by Crippen LogP contribution is 2.13. The van der Waals surface area contributed by atoms with Gasteiger partial charge < -0.3 is 5.32 Å². The SMILES string of the molecule is CCC(C)NC(=O)c1ccc2c(=O)n(C)c3n[nH]c(=O)n3c2c1. The van der Waals surface area contributed by atoms with E-state index in [1.54, 1.807) is 25.2 Å². The number of benzene rings is 1. The van der Waals surface area contributed by atoms with Crippen LogP contribution in [0.4, 0.5) is 0 Å². The van der Waals surface area contributed by atoms with Crippen LogP contribution < -0.4 is 16.6 Å². The Bertz CT molecular complexity index is 1030. The molecule has 1 amide bonds. The molecule has 0 fully saturated rings. The van der Waals surface area contributed by atoms with Gasteiger partial charge in [-0.3, -0.25) is 14.2 Å². The molecule has 120 valence electrons. The van der Waals surface area contributed by atoms with Crippen LogP contribution in [0.25, 0.3) is 16.7 Å². The molecule has 1 aromatic carbocycles. The number of fused-ring (bicyclic) bond motifs is 3. The zero-order valence-electron chi connectivity index (χ0n) is 13.1. The summed E-state index contributed by atoms with van der Waals surface area (Å²) >= 11 is 0. The van der Waals surface area contributed by atoms with E-state index in [9.17, 15) is 14.4 Å². The number of H-pyrrole nitrogens is 1. The first-order chi connectivity index (χ1) is 10.9. The summed E-state index contributed by atoms with van der Waals surface area (Å²) in [6.45, 7) is 3.89. The highest BCUT2D eigenvalue weighted by atomic mass is 16.2. The Hall–Kier alpha value is -2.90. The topological polar surface area (TPSA) is 101 Å². The van der Waals surface area contributed by atoms with Gasteiger partial charge in [0.25, 0.3) is 11.5 Å². The number of hydrogen-bond donors (Lipinski definition) is 2. The van der Waals surface area contributed by atoms with Gasteiger partial charge in [0.05, 0.1) is 10.9 Å². The van der Waals surface area contributed by atoms with Crippen molar-refractivity contribution in [2.75, 3.05) is 0 Å². The number of amides is 1. The molecule has 8 nitrogen and oxygen atoms in total. The van der Waals surface area contributed by atoms with Crippen LogP contribution in [0, 0.1) is 0 Å². The molecule has 0 aliphatic rings. The van der Waals surface area contributed by atoms with Gasteiger partial charge in [-0.2, -0.15) is 0 Å². The predicted octanol–water partition coefficient (Wildman–Crippen LogP) is 0.403. The monoisotopic (exact) mass is 315 g/mol. The molecule has 2 heterocycles. The smallest absolute Gasteiger partial charge is 0.349 e. The number of rotatable bonds is 3. The number of aromatic nitrogens is 4. The third kappa shape index (κ3) is 2.32. The van der Waals surface area contributed by atoms with Crippen molar-refractivity contribution in [1.82, 2.24) is 24.5 Å². The fraction of sp³-hybridized carbons (Fsp3) is 0.333. The first-order valence-corrected chi connectivity index (χ1v) is 7.34. The average Bonchev–Trinajstić information content (AvgIpc) is 2.94. The van der Waals surface area contributed by atoms with Crippen molar-refractivity contribution in [2.24, 2.45) is 7.05 Å². The zero-order chi connectivity index (χ0) is 16.7. The summed E-state index contributed by atoms with van der Waals surface area (Å²) in [7, 11) is 1.54. The quantitative estimate of drug-likeness (QED) is 0.730. The van der Waals surface area contributed by atoms with Gasteiger partial charge in [0.1, 0.15) is 0 Å². The van der Waals surface area contributed by atoms with Gasteiger partial charge in [-0.25, -0.2) is 14.3 Å². The van der Waals surface area contributed by atoms with E-state index in [2.05, 4.69) is 15.5 Å². The number of nitrogens with one attached hydrogen (secondary N) is 2. The van der Waals surface area contributed by atoms with Crippen molar-refractivity contribution < 1.29 is 4.79 Å². The van der Waals surface area contributed by atoms with Gasteiger partial charge >= 0.3 is 5.69 Å². The van der Waals surface area contributed by atoms with E-state index in [0.717, 1.165) is 6.42 Å². The van der Waals surface area contributed by atoms with E-state index in [4.69, 9.17) is 0 Å². The van der Waals surface area contributed by atoms with E-state index in [1.807, 2.05) is 13.8 Å². The molecule has 0 spiro atoms. The molecule has 2 N–H and O–H groups in total. The fourth-order valence-electron chi connectivity index (χ4n) is 2.45. The molecule has 0 saturated carbocycles. The molecule has 2 aromatic heterocycles. The Kier molecular flexibility index (Phi) is 3.51. The van der Waals surface area contributed by atoms with Crippen LogP contribution in [-0.2, 0) is 7.05 Å². The van der Waals surface area contributed by atoms with E-state index < -0.39 is 5.69 Å². The molecule has 0 radical (unpaired) electrons. The van der Waals surface area contributed by atoms with E-state index in [-0.39, 0.29) is 23.3 Å². The lowest BCUT2D eigenvalue weighted by molar-refractivity contribution is 0.0939. The van der Waals surface area contributed by atoms with Crippen LogP contribution in [0.3, 0.4) is 0 Å². The van der Waals surface area contributed by atoms with Crippen molar-refractivity contribution >= 4 is 22.6 Å². The van der Waals surface area contributed by atoms with Crippen LogP contribution >= 0.6 is 0 Å². The Morgan fingerprint density at radius 3 is 2.83 bits per heavy atom. The lowest BCUT2D eigenvalue weighted by Crippen LogP contribution is -2.32. The van der Waals surface area contributed by atoms with Crippen molar-refractivity contribution in [3.05, 3.63) is 44.6 Å². The summed E-state index contributed by atoms with van der Waals surface area (Å²) in [6, 6.07) is 4.72. The minimum absolute atomic E-state index is 0.0403. The molecular formula is C15H17N5O3. The highest BCUT2D eigenvalue weighted by molar-refractivity contribution is 5.98. The zero-order valence-corrected chi connectivity index (χ0v) is 13.1. The molecule has 1 unspecified atom stereocenters. The molecule has 3 rings (SSSR count). The summed E-state index contributed by atoms with van der Waals surface area (Å²) < 4.78 is 2.58. The number of aryl methyl sites for hydroxylation is 1. The number of carbonyl (C=O) groups is 1. The summed E-state index contributed by atoms with van der Waals surface area (Å²) in [4.78, 5) is 36.6. The number of aromatic amines is 1. The van der Waals surface area contributed by atoms with E-state index >= 15 is 0 Å². The molecule has 0 aliphatic carbocycles. The van der Waals surface area contributed by atoms with Crippen molar-refractivity contribution in [3.8, 4) is 0 Å². The van der Waals surface area contributed by atoms with Gasteiger partial charge in [-0.1, -0.05) is 6.92 Å². The first-order valence-electron chi connectivity index (χ1n) is 7.34. The molecule has 3 aromatic rings. The Morgan fingerprint density at radius 2 is 2.13 bits per heavy atom. The first kappa shape index (κ1) is 15.0. The third-order valence-corrected chi connectivity index (χ3v) is 3.98. The normalized spacial score (nSPS) is 12.7. The lowest BCUT2D eigenvalue weighted by Gasteiger charge is -2.12. The Balaban J connectivity index is 2.27. The van der Waals surface area contributed by atoms with Crippen LogP contribution in [0.5, 0.6) is 0 Å². The molecule has 0 saturated heterocycles. The second kappa shape index (κ2) is 5.38. The minimum Gasteiger partial charge on any atom is -0.350 e. The summed E-state index contributed by atoms with van der Waals surface area (Å²) in [5, 5.41) is 9.39. The van der Waals surface area contributed by atoms with Crippen molar-refractivity contribution in [1.29, 1.82) is 0 Å². The maximum absolute atomic E-state index is 12.3. The number of hydrogen-bond acceptors (Lipinski definition) is 4. The number of carbonyl (C=O) groups excluding carboxylic acids is 1. The van der Waals surface area contributed by atoms with Gasteiger partial charge in [0.2, 0.25) is 5.78 Å². The van der Waals surface area contributed by atoms with Crippen molar-refractivity contribution in [2.45, 2.75) is 26.3 Å². The average molecular weight is 315 g/mol. The Morgan fingerprint density at radius 1 is 1.39 bits per heavy atom. The van der Waals surface area contributed by atoms with Crippen LogP contribution in [0.2, 0.25) is 0 Å². The molecule has 0 bridgehead atoms. The van der Waals surface area contributed by atoms with Crippen LogP contribution in [-0.4, -0.2) is 31.1 Å². The highest BCUT2D eigenvalue weighted by Gasteiger charge is 2.15. The molecule has 8 heteroatoms. The second-order valence-electron chi connectivity index (χ2n) is 5.54. The summed E-state index contributed by atoms with van der Waals surface area (Å²) in [5.41, 5.74) is 0.0135. The molecular weight excluding hydrogens is 298 g/mol. The molecule has 23 heavy (non-hydrogen) atoms. The summed E-state index contributed by atoms with van der Waals surface area (Å²) in [5.74, 6) is -0.0430. The van der Waals surface area contributed by atoms with Crippen LogP contribution in [0.15, 0.2) is 27.8 Å². The standard InChI is InChI=1S/C15H17N5O3/c1-4-8(2)16-12(21)9-5-6-10-11(7-9)20-14(17-18-15(20)23)19(3)13(10)22/h5-8H,4H2,1-3H3,(H,16,21)(H,18,23). The fourth-order valence-corrected chi connectivity index (χ4v) is 2.45. The second-order valence-corrected chi connectivity index (χ2v) is 5.54. The third-order valence-electron chi connectivity index (χ3n) is 3.98. The largest absolute Gasteiger partial charge is 0.350 e. The van der Waals surface area contributed by atoms with Crippen LogP contribution in [0.1, 0.15) is 30.6 Å². The molecule has 1 atom stereocenters. The van der Waals surface area contributed by atoms with Gasteiger partial charge in [0.15, 0.2) is 0 Å². The van der Waals surface area contributed by atoms with Gasteiger partial charge in [-0.05, 0) is 31.5 Å². The molecule has 0 aliphatic heterocycles. The summed E-state index contributed by atoms with van der Waals surface area (Å²) in [6.07, 6.45) is 0.811. The lowest BCUT2D eigenvalue weighted by atomic mass is 10.1. The van der Waals surface area contributed by atoms with Gasteiger partial charge in [0, 0.05) is 18.7 Å². The van der Waals surface area contributed by atoms with Gasteiger partial charge in [-0.15, -0.1) is 5.10 Å². The van der Waals surface area contributed by atoms with E-state index in [1.165, 1.54) is 8.97 Å². The van der Waals surface area contributed by atoms with E-state index in [0.29, 0.717) is 16.5 Å². The minimum atomic E-state index is -0.458. The Labute approximate surface area is 130 Å². The predicted molar refractivity (Wildman–Crippen MR) is 85.8 cm³/mol. The maximum atomic E-state index is 12.3. The number of nitrogens with zero attached hydrogens (tertiary/aromatic N) is 3. The maximum Gasteiger partial charge on any atom is 0.349 e.